The lowest BCUT2D eigenvalue weighted by atomic mass is 10.00. The maximum atomic E-state index is 14.9. The molecule has 0 saturated heterocycles. The van der Waals surface area contributed by atoms with Gasteiger partial charge in [-0.2, -0.15) is 0 Å². The molecular weight excluding hydrogens is 409 g/mol. The summed E-state index contributed by atoms with van der Waals surface area (Å²) in [6.07, 6.45) is 0. The van der Waals surface area contributed by atoms with Crippen LogP contribution < -0.4 is 16.5 Å². The molecule has 154 valence electrons. The zero-order chi connectivity index (χ0) is 21.6. The van der Waals surface area contributed by atoms with Crippen molar-refractivity contribution in [2.45, 2.75) is 23.9 Å². The molecule has 30 heavy (non-hydrogen) atoms. The van der Waals surface area contributed by atoms with Gasteiger partial charge in [0.05, 0.1) is 22.5 Å². The second-order valence-electron chi connectivity index (χ2n) is 6.93. The van der Waals surface area contributed by atoms with Crippen molar-refractivity contribution in [3.63, 3.8) is 0 Å². The van der Waals surface area contributed by atoms with Crippen LogP contribution in [0, 0.1) is 5.82 Å². The smallest absolute Gasteiger partial charge is 0.342 e. The number of aromatic carboxylic acids is 1. The number of hydrogen-bond acceptors (Lipinski definition) is 5. The fraction of sp³-hybridized carbons (Fsp3) is 0.190. The molecule has 1 aromatic heterocycles. The van der Waals surface area contributed by atoms with Crippen molar-refractivity contribution in [2.24, 2.45) is 5.73 Å². The van der Waals surface area contributed by atoms with Crippen LogP contribution in [0.1, 0.15) is 28.2 Å². The molecule has 2 heterocycles. The van der Waals surface area contributed by atoms with Gasteiger partial charge in [-0.3, -0.25) is 9.59 Å². The highest BCUT2D eigenvalue weighted by atomic mass is 32.2. The van der Waals surface area contributed by atoms with Crippen LogP contribution in [0.15, 0.2) is 46.2 Å². The number of nitrogens with two attached hydrogens (primary N) is 1. The Morgan fingerprint density at radius 2 is 1.97 bits per heavy atom. The molecule has 7 nitrogen and oxygen atoms in total. The van der Waals surface area contributed by atoms with Gasteiger partial charge < -0.3 is 20.7 Å². The molecule has 0 aliphatic carbocycles. The highest BCUT2D eigenvalue weighted by Crippen LogP contribution is 2.46. The van der Waals surface area contributed by atoms with Crippen LogP contribution in [0.2, 0.25) is 0 Å². The quantitative estimate of drug-likeness (QED) is 0.577. The van der Waals surface area contributed by atoms with Crippen LogP contribution >= 0.6 is 11.8 Å². The Hall–Kier alpha value is -3.17. The van der Waals surface area contributed by atoms with Crippen molar-refractivity contribution in [3.05, 3.63) is 63.6 Å². The van der Waals surface area contributed by atoms with Gasteiger partial charge in [0.25, 0.3) is 0 Å². The maximum Gasteiger partial charge on any atom is 0.342 e. The molecule has 1 aliphatic heterocycles. The number of thioether (sulfide) groups is 1. The van der Waals surface area contributed by atoms with Crippen LogP contribution in [0.25, 0.3) is 22.0 Å². The molecule has 0 spiro atoms. The number of carboxylic acids is 1. The minimum absolute atomic E-state index is 0.0469. The fourth-order valence-corrected chi connectivity index (χ4v) is 4.69. The number of aromatic nitrogens is 1. The molecule has 3 aromatic rings. The van der Waals surface area contributed by atoms with Crippen molar-refractivity contribution in [1.29, 1.82) is 0 Å². The highest BCUT2D eigenvalue weighted by Gasteiger charge is 2.33. The summed E-state index contributed by atoms with van der Waals surface area (Å²) in [6.45, 7) is 2.11. The number of carbonyl (C=O) groups excluding carboxylic acids is 1. The van der Waals surface area contributed by atoms with Crippen molar-refractivity contribution in [2.75, 3.05) is 6.54 Å². The lowest BCUT2D eigenvalue weighted by molar-refractivity contribution is -0.119. The average molecular weight is 427 g/mol. The van der Waals surface area contributed by atoms with E-state index in [9.17, 15) is 23.9 Å². The molecule has 2 aromatic carbocycles. The Kier molecular flexibility index (Phi) is 5.08. The minimum atomic E-state index is -1.31. The first kappa shape index (κ1) is 20.1. The SMILES string of the molecule is CC1Sc2c(C(=O)O)c(=O)c3cc(F)c(-c4ccc(CNC(=O)CN)cc4)cc3n21. The van der Waals surface area contributed by atoms with E-state index < -0.39 is 17.2 Å². The van der Waals surface area contributed by atoms with E-state index in [4.69, 9.17) is 5.73 Å². The molecule has 0 fully saturated rings. The Labute approximate surface area is 174 Å². The molecule has 0 radical (unpaired) electrons. The second-order valence-corrected chi connectivity index (χ2v) is 8.23. The van der Waals surface area contributed by atoms with Crippen molar-refractivity contribution >= 4 is 34.5 Å². The van der Waals surface area contributed by atoms with E-state index >= 15 is 0 Å². The van der Waals surface area contributed by atoms with Gasteiger partial charge in [0, 0.05) is 17.5 Å². The zero-order valence-corrected chi connectivity index (χ0v) is 16.8. The summed E-state index contributed by atoms with van der Waals surface area (Å²) < 4.78 is 16.6. The normalized spacial score (nSPS) is 14.8. The summed E-state index contributed by atoms with van der Waals surface area (Å²) in [7, 11) is 0. The Bertz CT molecular complexity index is 1250. The summed E-state index contributed by atoms with van der Waals surface area (Å²) >= 11 is 1.30. The van der Waals surface area contributed by atoms with Gasteiger partial charge in [0.15, 0.2) is 0 Å². The third kappa shape index (κ3) is 3.25. The Morgan fingerprint density at radius 3 is 2.57 bits per heavy atom. The minimum Gasteiger partial charge on any atom is -0.477 e. The highest BCUT2D eigenvalue weighted by molar-refractivity contribution is 8.00. The topological polar surface area (TPSA) is 114 Å². The second kappa shape index (κ2) is 7.58. The monoisotopic (exact) mass is 427 g/mol. The van der Waals surface area contributed by atoms with E-state index in [0.29, 0.717) is 28.2 Å². The molecule has 4 rings (SSSR count). The van der Waals surface area contributed by atoms with E-state index in [0.717, 1.165) is 11.6 Å². The van der Waals surface area contributed by atoms with Gasteiger partial charge in [-0.15, -0.1) is 0 Å². The van der Waals surface area contributed by atoms with Crippen LogP contribution in [0.5, 0.6) is 0 Å². The first-order valence-electron chi connectivity index (χ1n) is 9.19. The van der Waals surface area contributed by atoms with Crippen molar-refractivity contribution in [1.82, 2.24) is 9.88 Å². The molecular formula is C21H18FN3O4S. The molecule has 9 heteroatoms. The number of carboxylic acid groups (broad SMARTS) is 1. The first-order valence-corrected chi connectivity index (χ1v) is 10.1. The van der Waals surface area contributed by atoms with E-state index in [1.54, 1.807) is 34.9 Å². The van der Waals surface area contributed by atoms with E-state index in [2.05, 4.69) is 5.32 Å². The Morgan fingerprint density at radius 1 is 1.27 bits per heavy atom. The molecule has 1 aliphatic rings. The van der Waals surface area contributed by atoms with Crippen LogP contribution in [-0.2, 0) is 11.3 Å². The van der Waals surface area contributed by atoms with Gasteiger partial charge in [-0.1, -0.05) is 36.0 Å². The number of hydrogen-bond donors (Lipinski definition) is 3. The molecule has 4 N–H and O–H groups in total. The van der Waals surface area contributed by atoms with Crippen LogP contribution in [-0.4, -0.2) is 28.1 Å². The summed E-state index contributed by atoms with van der Waals surface area (Å²) in [5.41, 5.74) is 6.51. The molecule has 0 bridgehead atoms. The number of amides is 1. The standard InChI is InChI=1S/C21H18FN3O4S/c1-10-25-16-7-13(12-4-2-11(3-5-12)9-24-17(26)8-23)15(22)6-14(16)19(27)18(21(28)29)20(25)30-10/h2-7,10H,8-9,23H2,1H3,(H,24,26)(H,28,29). The number of benzene rings is 2. The first-order chi connectivity index (χ1) is 14.3. The summed E-state index contributed by atoms with van der Waals surface area (Å²) in [5, 5.41) is 12.5. The lowest BCUT2D eigenvalue weighted by Crippen LogP contribution is -2.29. The maximum absolute atomic E-state index is 14.9. The predicted octanol–water partition coefficient (Wildman–Crippen LogP) is 2.70. The number of fused-ring (bicyclic) bond motifs is 3. The van der Waals surface area contributed by atoms with Crippen LogP contribution in [0.4, 0.5) is 4.39 Å². The van der Waals surface area contributed by atoms with E-state index in [-0.39, 0.29) is 28.8 Å². The average Bonchev–Trinajstić information content (AvgIpc) is 2.72. The van der Waals surface area contributed by atoms with E-state index in [1.807, 2.05) is 6.92 Å². The van der Waals surface area contributed by atoms with Gasteiger partial charge in [-0.05, 0) is 30.2 Å². The van der Waals surface area contributed by atoms with Crippen LogP contribution in [0.3, 0.4) is 0 Å². The van der Waals surface area contributed by atoms with Crippen molar-refractivity contribution < 1.29 is 19.1 Å². The lowest BCUT2D eigenvalue weighted by Gasteiger charge is -2.32. The molecule has 1 unspecified atom stereocenters. The third-order valence-electron chi connectivity index (χ3n) is 5.05. The number of nitrogens with zero attached hydrogens (tertiary/aromatic N) is 1. The van der Waals surface area contributed by atoms with Gasteiger partial charge in [0.1, 0.15) is 11.4 Å². The van der Waals surface area contributed by atoms with E-state index in [1.165, 1.54) is 11.8 Å². The number of rotatable bonds is 5. The summed E-state index contributed by atoms with van der Waals surface area (Å²) in [4.78, 5) is 35.5. The third-order valence-corrected chi connectivity index (χ3v) is 6.22. The molecule has 1 amide bonds. The molecule has 1 atom stereocenters. The largest absolute Gasteiger partial charge is 0.477 e. The summed E-state index contributed by atoms with van der Waals surface area (Å²) in [6, 6.07) is 9.69. The number of carbonyl (C=O) groups is 2. The summed E-state index contributed by atoms with van der Waals surface area (Å²) in [5.74, 6) is -2.19. The van der Waals surface area contributed by atoms with Gasteiger partial charge >= 0.3 is 5.97 Å². The molecule has 0 saturated carbocycles. The number of halogens is 1. The number of pyridine rings is 1. The van der Waals surface area contributed by atoms with Gasteiger partial charge in [0.2, 0.25) is 11.3 Å². The zero-order valence-electron chi connectivity index (χ0n) is 15.9. The van der Waals surface area contributed by atoms with Gasteiger partial charge in [-0.25, -0.2) is 9.18 Å². The predicted molar refractivity (Wildman–Crippen MR) is 112 cm³/mol. The fourth-order valence-electron chi connectivity index (χ4n) is 3.53. The Balaban J connectivity index is 1.79. The number of nitrogens with one attached hydrogen (secondary N) is 1. The van der Waals surface area contributed by atoms with Crippen molar-refractivity contribution in [3.8, 4) is 11.1 Å².